The molecule has 6 atom stereocenters. The first-order chi connectivity index (χ1) is 25.7. The number of unbranched alkanes of at least 4 members (excludes halogenated alkanes) is 1. The minimum Gasteiger partial charge on any atom is -0.394 e. The van der Waals surface area contributed by atoms with E-state index in [9.17, 15) is 33.9 Å². The average molecular weight is 749 g/mol. The van der Waals surface area contributed by atoms with Crippen molar-refractivity contribution in [2.75, 3.05) is 19.8 Å². The quantitative estimate of drug-likeness (QED) is 0.0684. The summed E-state index contributed by atoms with van der Waals surface area (Å²) in [6.45, 7) is 12.2. The molecule has 1 aromatic heterocycles. The van der Waals surface area contributed by atoms with Gasteiger partial charge in [-0.1, -0.05) is 69.0 Å². The van der Waals surface area contributed by atoms with Crippen LogP contribution in [0.15, 0.2) is 74.2 Å². The summed E-state index contributed by atoms with van der Waals surface area (Å²) < 4.78 is 6.01. The molecule has 8 N–H and O–H groups in total. The number of amides is 6. The van der Waals surface area contributed by atoms with Crippen molar-refractivity contribution < 1.29 is 38.6 Å². The van der Waals surface area contributed by atoms with Gasteiger partial charge in [0.15, 0.2) is 0 Å². The Morgan fingerprint density at radius 1 is 1.02 bits per heavy atom. The van der Waals surface area contributed by atoms with Crippen molar-refractivity contribution in [2.24, 2.45) is 11.7 Å². The number of carbonyl (C=O) groups is 6. The van der Waals surface area contributed by atoms with E-state index in [0.717, 1.165) is 25.3 Å². The molecule has 16 nitrogen and oxygen atoms in total. The van der Waals surface area contributed by atoms with Crippen LogP contribution in [0.5, 0.6) is 0 Å². The Kier molecular flexibility index (Phi) is 16.8. The molecular formula is C38H52N8O8. The van der Waals surface area contributed by atoms with Crippen LogP contribution in [0.4, 0.5) is 0 Å². The van der Waals surface area contributed by atoms with E-state index in [2.05, 4.69) is 56.5 Å². The van der Waals surface area contributed by atoms with Gasteiger partial charge in [0.25, 0.3) is 0 Å². The van der Waals surface area contributed by atoms with E-state index >= 15 is 0 Å². The van der Waals surface area contributed by atoms with Crippen molar-refractivity contribution in [3.05, 3.63) is 85.5 Å². The van der Waals surface area contributed by atoms with Gasteiger partial charge in [-0.25, -0.2) is 4.98 Å². The number of carbonyl (C=O) groups excluding carboxylic acids is 6. The van der Waals surface area contributed by atoms with Crippen molar-refractivity contribution >= 4 is 41.0 Å². The number of aryl methyl sites for hydroxylation is 1. The maximum Gasteiger partial charge on any atom is 0.248 e. The summed E-state index contributed by atoms with van der Waals surface area (Å²) in [7, 11) is 0. The van der Waals surface area contributed by atoms with Crippen LogP contribution in [0.3, 0.4) is 0 Å². The third-order valence-electron chi connectivity index (χ3n) is 8.67. The number of aliphatic hydroxyl groups is 1. The van der Waals surface area contributed by atoms with E-state index in [4.69, 9.17) is 10.5 Å². The lowest BCUT2D eigenvalue weighted by Gasteiger charge is -2.35. The van der Waals surface area contributed by atoms with Crippen LogP contribution >= 0.6 is 0 Å². The first-order valence-electron chi connectivity index (χ1n) is 17.8. The summed E-state index contributed by atoms with van der Waals surface area (Å²) in [6, 6.07) is 3.60. The average Bonchev–Trinajstić information content (AvgIpc) is 3.69. The number of hydrogen-bond donors (Lipinski definition) is 7. The van der Waals surface area contributed by atoms with E-state index in [1.807, 2.05) is 32.0 Å². The summed E-state index contributed by atoms with van der Waals surface area (Å²) in [4.78, 5) is 86.4. The standard InChI is InChI=1S/C38H52N8O8/c1-6-28(34(39)49)42-36(51)31(21-47)44-38(53)33(24(4)30-19-40-22-41-30)45-35(50)29(18-23(2)3)43-37(52)32-16-15-27(20-46(32)25(5)48)54-17-11-10-14-26-12-8-7-9-13-26/h6-9,12-13,15-16,19,22-23,27-29,31-33,47H,1,4,10-11,14,17-18,20-21H2,2-3,5H3,(H2,39,49)(H,40,41)(H,42,51)(H,43,52)(H,44,53)(H,45,50)/t27-,28+,29+,31+,32+,33+/m1/s1. The van der Waals surface area contributed by atoms with Crippen molar-refractivity contribution in [3.63, 3.8) is 0 Å². The number of nitrogens with two attached hydrogens (primary N) is 1. The number of ether oxygens (including phenoxy) is 1. The number of aromatic nitrogens is 2. The summed E-state index contributed by atoms with van der Waals surface area (Å²) in [5.41, 5.74) is 6.83. The van der Waals surface area contributed by atoms with Gasteiger partial charge in [0, 0.05) is 19.1 Å². The van der Waals surface area contributed by atoms with E-state index in [1.54, 1.807) is 12.2 Å². The molecule has 0 unspecified atom stereocenters. The van der Waals surface area contributed by atoms with E-state index in [-0.39, 0.29) is 36.1 Å². The highest BCUT2D eigenvalue weighted by atomic mass is 16.5. The van der Waals surface area contributed by atoms with Gasteiger partial charge in [0.05, 0.1) is 37.5 Å². The van der Waals surface area contributed by atoms with Crippen LogP contribution in [0.1, 0.15) is 51.3 Å². The van der Waals surface area contributed by atoms with Crippen molar-refractivity contribution in [3.8, 4) is 0 Å². The minimum atomic E-state index is -1.56. The number of H-pyrrole nitrogens is 1. The Morgan fingerprint density at radius 3 is 2.31 bits per heavy atom. The number of aliphatic hydroxyl groups excluding tert-OH is 1. The summed E-state index contributed by atoms with van der Waals surface area (Å²) >= 11 is 0. The molecule has 16 heteroatoms. The van der Waals surface area contributed by atoms with Gasteiger partial charge in [-0.05, 0) is 37.2 Å². The number of nitrogens with one attached hydrogen (secondary N) is 5. The topological polar surface area (TPSA) is 238 Å². The van der Waals surface area contributed by atoms with Gasteiger partial charge in [0.1, 0.15) is 30.2 Å². The SMILES string of the molecule is C=C[C@H](NC(=O)[C@H](CO)NC(=O)[C@@H](NC(=O)[C@H](CC(C)C)NC(=O)[C@@H]1C=C[C@@H](OCCCCc2ccccc2)CN1C(C)=O)C(=C)c1cnc[nH]1)C(N)=O. The number of primary amides is 1. The Labute approximate surface area is 315 Å². The fourth-order valence-electron chi connectivity index (χ4n) is 5.72. The van der Waals surface area contributed by atoms with Crippen LogP contribution in [0, 0.1) is 5.92 Å². The van der Waals surface area contributed by atoms with Gasteiger partial charge in [0.2, 0.25) is 35.4 Å². The third-order valence-corrected chi connectivity index (χ3v) is 8.67. The molecule has 0 radical (unpaired) electrons. The molecule has 0 spiro atoms. The molecule has 0 aliphatic carbocycles. The molecule has 0 saturated carbocycles. The van der Waals surface area contributed by atoms with Gasteiger partial charge in [-0.2, -0.15) is 0 Å². The maximum absolute atomic E-state index is 13.9. The van der Waals surface area contributed by atoms with Crippen LogP contribution in [0.25, 0.3) is 5.57 Å². The maximum atomic E-state index is 13.9. The zero-order valence-corrected chi connectivity index (χ0v) is 31.0. The lowest BCUT2D eigenvalue weighted by molar-refractivity contribution is -0.140. The summed E-state index contributed by atoms with van der Waals surface area (Å²) in [5.74, 6) is -4.61. The second-order valence-electron chi connectivity index (χ2n) is 13.3. The van der Waals surface area contributed by atoms with Crippen molar-refractivity contribution in [1.82, 2.24) is 36.1 Å². The van der Waals surface area contributed by atoms with Crippen LogP contribution in [0.2, 0.25) is 0 Å². The fraction of sp³-hybridized carbons (Fsp3) is 0.447. The van der Waals surface area contributed by atoms with Gasteiger partial charge in [-0.15, -0.1) is 6.58 Å². The Bertz CT molecular complexity index is 1650. The molecule has 2 heterocycles. The molecule has 0 saturated heterocycles. The molecule has 2 aromatic rings. The number of nitrogens with zero attached hydrogens (tertiary/aromatic N) is 2. The number of imidazole rings is 1. The molecule has 292 valence electrons. The van der Waals surface area contributed by atoms with Crippen LogP contribution in [-0.4, -0.2) is 111 Å². The molecule has 3 rings (SSSR count). The number of aromatic amines is 1. The number of hydrogen-bond acceptors (Lipinski definition) is 9. The molecular weight excluding hydrogens is 696 g/mol. The Morgan fingerprint density at radius 2 is 1.72 bits per heavy atom. The van der Waals surface area contributed by atoms with Crippen molar-refractivity contribution in [2.45, 2.75) is 82.8 Å². The highest BCUT2D eigenvalue weighted by Crippen LogP contribution is 2.18. The van der Waals surface area contributed by atoms with Gasteiger partial charge < -0.3 is 46.7 Å². The van der Waals surface area contributed by atoms with Gasteiger partial charge >= 0.3 is 0 Å². The molecule has 1 aromatic carbocycles. The largest absolute Gasteiger partial charge is 0.394 e. The molecule has 1 aliphatic heterocycles. The lowest BCUT2D eigenvalue weighted by atomic mass is 9.99. The predicted molar refractivity (Wildman–Crippen MR) is 201 cm³/mol. The number of benzene rings is 1. The van der Waals surface area contributed by atoms with Crippen LogP contribution < -0.4 is 27.0 Å². The normalized spacial score (nSPS) is 17.4. The highest BCUT2D eigenvalue weighted by molar-refractivity contribution is 6.02. The van der Waals surface area contributed by atoms with E-state index in [0.29, 0.717) is 6.61 Å². The molecule has 54 heavy (non-hydrogen) atoms. The summed E-state index contributed by atoms with van der Waals surface area (Å²) in [5, 5.41) is 19.9. The lowest BCUT2D eigenvalue weighted by Crippen LogP contribution is -2.60. The summed E-state index contributed by atoms with van der Waals surface area (Å²) in [6.07, 6.45) is 9.52. The second-order valence-corrected chi connectivity index (χ2v) is 13.3. The first kappa shape index (κ1) is 42.8. The van der Waals surface area contributed by atoms with Crippen LogP contribution in [-0.2, 0) is 39.9 Å². The Balaban J connectivity index is 1.72. The molecule has 6 amide bonds. The zero-order valence-electron chi connectivity index (χ0n) is 31.0. The molecule has 1 aliphatic rings. The number of rotatable bonds is 21. The van der Waals surface area contributed by atoms with E-state index in [1.165, 1.54) is 29.9 Å². The van der Waals surface area contributed by atoms with Gasteiger partial charge in [-0.3, -0.25) is 28.8 Å². The Hall–Kier alpha value is -5.61. The first-order valence-corrected chi connectivity index (χ1v) is 17.8. The van der Waals surface area contributed by atoms with E-state index < -0.39 is 72.5 Å². The zero-order chi connectivity index (χ0) is 39.8. The smallest absolute Gasteiger partial charge is 0.248 e. The molecule has 0 fully saturated rings. The fourth-order valence-corrected chi connectivity index (χ4v) is 5.72. The van der Waals surface area contributed by atoms with Crippen molar-refractivity contribution in [1.29, 1.82) is 0 Å². The highest BCUT2D eigenvalue weighted by Gasteiger charge is 2.36. The predicted octanol–water partition coefficient (Wildman–Crippen LogP) is 0.267. The molecule has 0 bridgehead atoms. The third kappa shape index (κ3) is 12.8. The monoisotopic (exact) mass is 748 g/mol. The second kappa shape index (κ2) is 21.2. The minimum absolute atomic E-state index is 0.0512.